The van der Waals surface area contributed by atoms with Gasteiger partial charge in [0.15, 0.2) is 0 Å². The number of carbonyl (C=O) groups is 1. The van der Waals surface area contributed by atoms with Gasteiger partial charge in [-0.15, -0.1) is 0 Å². The molecule has 0 saturated carbocycles. The molecule has 110 valence electrons. The van der Waals surface area contributed by atoms with E-state index >= 15 is 0 Å². The van der Waals surface area contributed by atoms with Crippen LogP contribution in [-0.4, -0.2) is 18.2 Å². The molecule has 0 aliphatic rings. The largest absolute Gasteiger partial charge is 0.495 e. The third kappa shape index (κ3) is 4.22. The Kier molecular flexibility index (Phi) is 5.17. The van der Waals surface area contributed by atoms with Crippen molar-refractivity contribution in [3.05, 3.63) is 59.7 Å². The van der Waals surface area contributed by atoms with Crippen LogP contribution in [0.25, 0.3) is 0 Å². The minimum Gasteiger partial charge on any atom is -0.495 e. The molecular formula is C16H18N2O3. The first-order chi connectivity index (χ1) is 10.2. The summed E-state index contributed by atoms with van der Waals surface area (Å²) < 4.78 is 5.17. The fourth-order valence-corrected chi connectivity index (χ4v) is 1.86. The molecule has 2 aromatic rings. The van der Waals surface area contributed by atoms with E-state index in [4.69, 9.17) is 9.84 Å². The molecular weight excluding hydrogens is 268 g/mol. The van der Waals surface area contributed by atoms with Crippen molar-refractivity contribution in [1.29, 1.82) is 0 Å². The molecule has 3 N–H and O–H groups in total. The van der Waals surface area contributed by atoms with Crippen molar-refractivity contribution < 1.29 is 14.6 Å². The molecule has 0 bridgehead atoms. The van der Waals surface area contributed by atoms with Gasteiger partial charge in [0.25, 0.3) is 0 Å². The van der Waals surface area contributed by atoms with E-state index in [0.29, 0.717) is 18.0 Å². The van der Waals surface area contributed by atoms with Crippen molar-refractivity contribution >= 4 is 11.7 Å². The normalized spacial score (nSPS) is 10.0. The van der Waals surface area contributed by atoms with Crippen LogP contribution >= 0.6 is 0 Å². The Morgan fingerprint density at radius 1 is 1.10 bits per heavy atom. The molecule has 5 nitrogen and oxygen atoms in total. The second-order valence-electron chi connectivity index (χ2n) is 4.48. The Bertz CT molecular complexity index is 597. The number of carbonyl (C=O) groups excluding carboxylic acids is 1. The minimum absolute atomic E-state index is 0.0159. The second kappa shape index (κ2) is 7.31. The van der Waals surface area contributed by atoms with Gasteiger partial charge in [0.05, 0.1) is 19.4 Å². The standard InChI is InChI=1S/C16H18N2O3/c1-21-15-5-3-2-4-14(15)18-16(20)17-10-12-6-8-13(11-19)9-7-12/h2-9,19H,10-11H2,1H3,(H2,17,18,20). The molecule has 0 atom stereocenters. The number of hydrogen-bond acceptors (Lipinski definition) is 3. The van der Waals surface area contributed by atoms with Gasteiger partial charge in [0.2, 0.25) is 0 Å². The first-order valence-electron chi connectivity index (χ1n) is 6.59. The van der Waals surface area contributed by atoms with E-state index in [2.05, 4.69) is 10.6 Å². The van der Waals surface area contributed by atoms with Crippen LogP contribution in [0.15, 0.2) is 48.5 Å². The van der Waals surface area contributed by atoms with E-state index in [1.165, 1.54) is 0 Å². The molecule has 0 spiro atoms. The van der Waals surface area contributed by atoms with Crippen molar-refractivity contribution in [2.45, 2.75) is 13.2 Å². The van der Waals surface area contributed by atoms with Crippen LogP contribution in [0.1, 0.15) is 11.1 Å². The Labute approximate surface area is 123 Å². The Morgan fingerprint density at radius 3 is 2.43 bits per heavy atom. The lowest BCUT2D eigenvalue weighted by molar-refractivity contribution is 0.251. The highest BCUT2D eigenvalue weighted by atomic mass is 16.5. The van der Waals surface area contributed by atoms with Gasteiger partial charge in [-0.2, -0.15) is 0 Å². The van der Waals surface area contributed by atoms with E-state index < -0.39 is 0 Å². The molecule has 0 unspecified atom stereocenters. The molecule has 21 heavy (non-hydrogen) atoms. The molecule has 2 rings (SSSR count). The monoisotopic (exact) mass is 286 g/mol. The van der Waals surface area contributed by atoms with E-state index in [0.717, 1.165) is 11.1 Å². The number of aliphatic hydroxyl groups is 1. The molecule has 0 radical (unpaired) electrons. The van der Waals surface area contributed by atoms with Gasteiger partial charge in [0.1, 0.15) is 5.75 Å². The van der Waals surface area contributed by atoms with Crippen LogP contribution in [-0.2, 0) is 13.2 Å². The molecule has 5 heteroatoms. The Hall–Kier alpha value is -2.53. The fraction of sp³-hybridized carbons (Fsp3) is 0.188. The summed E-state index contributed by atoms with van der Waals surface area (Å²) in [6.45, 7) is 0.425. The van der Waals surface area contributed by atoms with Crippen LogP contribution in [0.5, 0.6) is 5.75 Å². The highest BCUT2D eigenvalue weighted by molar-refractivity contribution is 5.90. The molecule has 0 fully saturated rings. The Morgan fingerprint density at radius 2 is 1.76 bits per heavy atom. The molecule has 2 amide bonds. The highest BCUT2D eigenvalue weighted by Crippen LogP contribution is 2.22. The SMILES string of the molecule is COc1ccccc1NC(=O)NCc1ccc(CO)cc1. The van der Waals surface area contributed by atoms with E-state index in [1.807, 2.05) is 36.4 Å². The molecule has 0 aromatic heterocycles. The van der Waals surface area contributed by atoms with Crippen molar-refractivity contribution in [3.63, 3.8) is 0 Å². The number of anilines is 1. The molecule has 0 aliphatic heterocycles. The first kappa shape index (κ1) is 14.9. The van der Waals surface area contributed by atoms with Gasteiger partial charge >= 0.3 is 6.03 Å². The average molecular weight is 286 g/mol. The van der Waals surface area contributed by atoms with Crippen molar-refractivity contribution in [3.8, 4) is 5.75 Å². The third-order valence-corrected chi connectivity index (χ3v) is 3.01. The summed E-state index contributed by atoms with van der Waals surface area (Å²) in [6, 6.07) is 14.3. The quantitative estimate of drug-likeness (QED) is 0.791. The topological polar surface area (TPSA) is 70.6 Å². The molecule has 0 saturated heterocycles. The minimum atomic E-state index is -0.300. The van der Waals surface area contributed by atoms with Gasteiger partial charge in [-0.25, -0.2) is 4.79 Å². The lowest BCUT2D eigenvalue weighted by Crippen LogP contribution is -2.28. The van der Waals surface area contributed by atoms with E-state index in [-0.39, 0.29) is 12.6 Å². The predicted molar refractivity (Wildman–Crippen MR) is 81.2 cm³/mol. The highest BCUT2D eigenvalue weighted by Gasteiger charge is 2.06. The number of rotatable bonds is 5. The summed E-state index contributed by atoms with van der Waals surface area (Å²) >= 11 is 0. The summed E-state index contributed by atoms with van der Waals surface area (Å²) in [6.07, 6.45) is 0. The second-order valence-corrected chi connectivity index (χ2v) is 4.48. The maximum Gasteiger partial charge on any atom is 0.319 e. The van der Waals surface area contributed by atoms with Crippen LogP contribution in [0.4, 0.5) is 10.5 Å². The number of urea groups is 1. The van der Waals surface area contributed by atoms with Crippen molar-refractivity contribution in [1.82, 2.24) is 5.32 Å². The summed E-state index contributed by atoms with van der Waals surface area (Å²) in [4.78, 5) is 11.9. The summed E-state index contributed by atoms with van der Waals surface area (Å²) in [5, 5.41) is 14.5. The maximum atomic E-state index is 11.9. The lowest BCUT2D eigenvalue weighted by Gasteiger charge is -2.11. The number of amides is 2. The van der Waals surface area contributed by atoms with Crippen LogP contribution < -0.4 is 15.4 Å². The smallest absolute Gasteiger partial charge is 0.319 e. The number of ether oxygens (including phenoxy) is 1. The average Bonchev–Trinajstić information content (AvgIpc) is 2.54. The van der Waals surface area contributed by atoms with Crippen molar-refractivity contribution in [2.75, 3.05) is 12.4 Å². The van der Waals surface area contributed by atoms with Crippen molar-refractivity contribution in [2.24, 2.45) is 0 Å². The molecule has 2 aromatic carbocycles. The zero-order valence-electron chi connectivity index (χ0n) is 11.8. The molecule has 0 heterocycles. The maximum absolute atomic E-state index is 11.9. The molecule has 0 aliphatic carbocycles. The zero-order chi connectivity index (χ0) is 15.1. The first-order valence-corrected chi connectivity index (χ1v) is 6.59. The lowest BCUT2D eigenvalue weighted by atomic mass is 10.1. The Balaban J connectivity index is 1.89. The van der Waals surface area contributed by atoms with Crippen LogP contribution in [0.3, 0.4) is 0 Å². The van der Waals surface area contributed by atoms with Gasteiger partial charge in [-0.05, 0) is 23.3 Å². The number of aliphatic hydroxyl groups excluding tert-OH is 1. The van der Waals surface area contributed by atoms with Gasteiger partial charge in [-0.3, -0.25) is 0 Å². The number of benzene rings is 2. The van der Waals surface area contributed by atoms with Gasteiger partial charge < -0.3 is 20.5 Å². The third-order valence-electron chi connectivity index (χ3n) is 3.01. The summed E-state index contributed by atoms with van der Waals surface area (Å²) in [7, 11) is 1.56. The number of hydrogen-bond donors (Lipinski definition) is 3. The van der Waals surface area contributed by atoms with E-state index in [1.54, 1.807) is 19.2 Å². The fourth-order valence-electron chi connectivity index (χ4n) is 1.86. The van der Waals surface area contributed by atoms with E-state index in [9.17, 15) is 4.79 Å². The predicted octanol–water partition coefficient (Wildman–Crippen LogP) is 2.51. The van der Waals surface area contributed by atoms with Gasteiger partial charge in [0, 0.05) is 6.54 Å². The zero-order valence-corrected chi connectivity index (χ0v) is 11.8. The summed E-state index contributed by atoms with van der Waals surface area (Å²) in [5.41, 5.74) is 2.42. The number of methoxy groups -OCH3 is 1. The van der Waals surface area contributed by atoms with Crippen LogP contribution in [0, 0.1) is 0 Å². The number of para-hydroxylation sites is 2. The summed E-state index contributed by atoms with van der Waals surface area (Å²) in [5.74, 6) is 0.611. The van der Waals surface area contributed by atoms with Crippen LogP contribution in [0.2, 0.25) is 0 Å². The number of nitrogens with one attached hydrogen (secondary N) is 2. The van der Waals surface area contributed by atoms with Gasteiger partial charge in [-0.1, -0.05) is 36.4 Å².